The number of aliphatic hydroxyl groups is 1. The summed E-state index contributed by atoms with van der Waals surface area (Å²) in [6.07, 6.45) is -1.31. The van der Waals surface area contributed by atoms with Crippen molar-refractivity contribution < 1.29 is 23.0 Å². The number of halogens is 3. The van der Waals surface area contributed by atoms with E-state index in [1.807, 2.05) is 0 Å². The fourth-order valence-electron chi connectivity index (χ4n) is 1.75. The minimum Gasteiger partial charge on any atom is -0.491 e. The van der Waals surface area contributed by atoms with E-state index in [0.717, 1.165) is 6.07 Å². The quantitative estimate of drug-likeness (QED) is 0.929. The first-order chi connectivity index (χ1) is 9.49. The molecule has 0 aliphatic rings. The lowest BCUT2D eigenvalue weighted by Gasteiger charge is -2.14. The number of ether oxygens (including phenoxy) is 1. The van der Waals surface area contributed by atoms with Crippen LogP contribution in [0.15, 0.2) is 36.4 Å². The normalized spacial score (nSPS) is 12.2. The van der Waals surface area contributed by atoms with E-state index in [1.165, 1.54) is 30.3 Å². The molecule has 1 N–H and O–H groups in total. The van der Waals surface area contributed by atoms with Crippen molar-refractivity contribution in [1.82, 2.24) is 0 Å². The first kappa shape index (κ1) is 14.4. The molecule has 20 heavy (non-hydrogen) atoms. The number of aryl methyl sites for hydroxylation is 1. The van der Waals surface area contributed by atoms with Gasteiger partial charge in [-0.3, -0.25) is 0 Å². The van der Waals surface area contributed by atoms with Crippen LogP contribution in [0.25, 0.3) is 0 Å². The van der Waals surface area contributed by atoms with Gasteiger partial charge < -0.3 is 9.84 Å². The average molecular weight is 282 g/mol. The van der Waals surface area contributed by atoms with Crippen LogP contribution in [0, 0.1) is 24.4 Å². The van der Waals surface area contributed by atoms with E-state index in [1.54, 1.807) is 6.92 Å². The van der Waals surface area contributed by atoms with Gasteiger partial charge in [0.1, 0.15) is 24.3 Å². The zero-order valence-corrected chi connectivity index (χ0v) is 10.7. The fourth-order valence-corrected chi connectivity index (χ4v) is 1.75. The van der Waals surface area contributed by atoms with E-state index in [4.69, 9.17) is 4.74 Å². The van der Waals surface area contributed by atoms with E-state index in [-0.39, 0.29) is 18.0 Å². The van der Waals surface area contributed by atoms with Gasteiger partial charge >= 0.3 is 0 Å². The standard InChI is InChI=1S/C15H13F3O2/c1-9-7-10(5-6-12(9)16)20-8-14(19)11-3-2-4-13(17)15(11)18/h2-7,14,19H,8H2,1H3. The smallest absolute Gasteiger partial charge is 0.164 e. The molecule has 106 valence electrons. The minimum atomic E-state index is -1.31. The molecular weight excluding hydrogens is 269 g/mol. The Labute approximate surface area is 114 Å². The third-order valence-electron chi connectivity index (χ3n) is 2.88. The average Bonchev–Trinajstić information content (AvgIpc) is 2.43. The Morgan fingerprint density at radius 3 is 2.55 bits per heavy atom. The molecule has 2 aromatic rings. The molecule has 2 aromatic carbocycles. The lowest BCUT2D eigenvalue weighted by atomic mass is 10.1. The Bertz CT molecular complexity index is 614. The second kappa shape index (κ2) is 5.96. The molecule has 0 aliphatic heterocycles. The predicted octanol–water partition coefficient (Wildman–Crippen LogP) is 3.52. The first-order valence-corrected chi connectivity index (χ1v) is 6.00. The molecule has 0 heterocycles. The minimum absolute atomic E-state index is 0.177. The molecule has 0 aromatic heterocycles. The van der Waals surface area contributed by atoms with Gasteiger partial charge in [0.05, 0.1) is 0 Å². The van der Waals surface area contributed by atoms with Crippen molar-refractivity contribution in [2.24, 2.45) is 0 Å². The molecule has 0 saturated heterocycles. The van der Waals surface area contributed by atoms with Gasteiger partial charge in [0.2, 0.25) is 0 Å². The van der Waals surface area contributed by atoms with E-state index >= 15 is 0 Å². The van der Waals surface area contributed by atoms with Gasteiger partial charge in [-0.05, 0) is 36.8 Å². The van der Waals surface area contributed by atoms with Crippen LogP contribution in [0.4, 0.5) is 13.2 Å². The Morgan fingerprint density at radius 1 is 1.10 bits per heavy atom. The fraction of sp³-hybridized carbons (Fsp3) is 0.200. The van der Waals surface area contributed by atoms with Crippen LogP contribution in [-0.4, -0.2) is 11.7 Å². The van der Waals surface area contributed by atoms with E-state index in [9.17, 15) is 18.3 Å². The topological polar surface area (TPSA) is 29.5 Å². The number of rotatable bonds is 4. The maximum Gasteiger partial charge on any atom is 0.164 e. The highest BCUT2D eigenvalue weighted by atomic mass is 19.2. The summed E-state index contributed by atoms with van der Waals surface area (Å²) in [5.74, 6) is -2.15. The summed E-state index contributed by atoms with van der Waals surface area (Å²) in [6, 6.07) is 7.65. The molecule has 0 amide bonds. The number of benzene rings is 2. The highest BCUT2D eigenvalue weighted by Crippen LogP contribution is 2.22. The molecule has 5 heteroatoms. The maximum absolute atomic E-state index is 13.5. The van der Waals surface area contributed by atoms with Crippen LogP contribution < -0.4 is 4.74 Å². The van der Waals surface area contributed by atoms with Gasteiger partial charge in [-0.2, -0.15) is 0 Å². The summed E-state index contributed by atoms with van der Waals surface area (Å²) in [7, 11) is 0. The Balaban J connectivity index is 2.06. The zero-order valence-electron chi connectivity index (χ0n) is 10.7. The Morgan fingerprint density at radius 2 is 1.85 bits per heavy atom. The largest absolute Gasteiger partial charge is 0.491 e. The van der Waals surface area contributed by atoms with Crippen molar-refractivity contribution in [1.29, 1.82) is 0 Å². The molecular formula is C15H13F3O2. The predicted molar refractivity (Wildman–Crippen MR) is 67.9 cm³/mol. The molecule has 0 bridgehead atoms. The van der Waals surface area contributed by atoms with Gasteiger partial charge in [0, 0.05) is 5.56 Å². The Kier molecular flexibility index (Phi) is 4.29. The van der Waals surface area contributed by atoms with Gasteiger partial charge in [-0.1, -0.05) is 12.1 Å². The van der Waals surface area contributed by atoms with Crippen LogP contribution in [-0.2, 0) is 0 Å². The molecule has 2 nitrogen and oxygen atoms in total. The van der Waals surface area contributed by atoms with E-state index in [2.05, 4.69) is 0 Å². The highest BCUT2D eigenvalue weighted by molar-refractivity contribution is 5.29. The number of hydrogen-bond donors (Lipinski definition) is 1. The third kappa shape index (κ3) is 3.11. The van der Waals surface area contributed by atoms with Crippen LogP contribution in [0.3, 0.4) is 0 Å². The van der Waals surface area contributed by atoms with Crippen molar-refractivity contribution in [3.05, 3.63) is 65.0 Å². The highest BCUT2D eigenvalue weighted by Gasteiger charge is 2.16. The molecule has 1 atom stereocenters. The van der Waals surface area contributed by atoms with E-state index in [0.29, 0.717) is 11.3 Å². The monoisotopic (exact) mass is 282 g/mol. The van der Waals surface area contributed by atoms with E-state index < -0.39 is 17.7 Å². The maximum atomic E-state index is 13.5. The summed E-state index contributed by atoms with van der Waals surface area (Å²) >= 11 is 0. The zero-order chi connectivity index (χ0) is 14.7. The van der Waals surface area contributed by atoms with Crippen molar-refractivity contribution >= 4 is 0 Å². The van der Waals surface area contributed by atoms with Crippen molar-refractivity contribution in [3.63, 3.8) is 0 Å². The third-order valence-corrected chi connectivity index (χ3v) is 2.88. The van der Waals surface area contributed by atoms with Gasteiger partial charge in [-0.25, -0.2) is 13.2 Å². The van der Waals surface area contributed by atoms with Crippen molar-refractivity contribution in [2.75, 3.05) is 6.61 Å². The van der Waals surface area contributed by atoms with Crippen LogP contribution >= 0.6 is 0 Å². The second-order valence-electron chi connectivity index (χ2n) is 4.38. The van der Waals surface area contributed by atoms with Crippen LogP contribution in [0.5, 0.6) is 5.75 Å². The Hall–Kier alpha value is -2.01. The molecule has 2 rings (SSSR count). The SMILES string of the molecule is Cc1cc(OCC(O)c2cccc(F)c2F)ccc1F. The van der Waals surface area contributed by atoms with Crippen molar-refractivity contribution in [3.8, 4) is 5.75 Å². The summed E-state index contributed by atoms with van der Waals surface area (Å²) < 4.78 is 44.8. The van der Waals surface area contributed by atoms with Crippen LogP contribution in [0.2, 0.25) is 0 Å². The molecule has 0 aliphatic carbocycles. The molecule has 1 unspecified atom stereocenters. The van der Waals surface area contributed by atoms with Gasteiger partial charge in [0.15, 0.2) is 11.6 Å². The molecule has 0 spiro atoms. The summed E-state index contributed by atoms with van der Waals surface area (Å²) in [4.78, 5) is 0. The summed E-state index contributed by atoms with van der Waals surface area (Å²) in [5.41, 5.74) is 0.220. The first-order valence-electron chi connectivity index (χ1n) is 6.00. The lowest BCUT2D eigenvalue weighted by Crippen LogP contribution is -2.12. The molecule has 0 radical (unpaired) electrons. The molecule has 0 fully saturated rings. The van der Waals surface area contributed by atoms with Gasteiger partial charge in [-0.15, -0.1) is 0 Å². The van der Waals surface area contributed by atoms with Crippen LogP contribution in [0.1, 0.15) is 17.2 Å². The second-order valence-corrected chi connectivity index (χ2v) is 4.38. The van der Waals surface area contributed by atoms with Crippen molar-refractivity contribution in [2.45, 2.75) is 13.0 Å². The summed E-state index contributed by atoms with van der Waals surface area (Å²) in [5, 5.41) is 9.81. The number of aliphatic hydroxyl groups excluding tert-OH is 1. The number of hydrogen-bond acceptors (Lipinski definition) is 2. The van der Waals surface area contributed by atoms with Gasteiger partial charge in [0.25, 0.3) is 0 Å². The summed E-state index contributed by atoms with van der Waals surface area (Å²) in [6.45, 7) is 1.32. The molecule has 0 saturated carbocycles. The lowest BCUT2D eigenvalue weighted by molar-refractivity contribution is 0.104.